The third-order valence-electron chi connectivity index (χ3n) is 2.44. The van der Waals surface area contributed by atoms with Crippen LogP contribution in [-0.2, 0) is 9.63 Å². The maximum absolute atomic E-state index is 11.1. The van der Waals surface area contributed by atoms with Crippen LogP contribution in [0.25, 0.3) is 0 Å². The number of amides is 1. The minimum atomic E-state index is -1.15. The zero-order valence-electron chi connectivity index (χ0n) is 9.57. The zero-order chi connectivity index (χ0) is 12.7. The van der Waals surface area contributed by atoms with Crippen LogP contribution in [0.15, 0.2) is 17.3 Å². The third kappa shape index (κ3) is 5.14. The lowest BCUT2D eigenvalue weighted by atomic mass is 9.99. The molecule has 0 spiro atoms. The van der Waals surface area contributed by atoms with Crippen LogP contribution in [0.4, 0.5) is 4.79 Å². The molecule has 0 aromatic rings. The number of aliphatic carboxylic acids is 1. The second-order valence-electron chi connectivity index (χ2n) is 3.86. The molecule has 0 aromatic carbocycles. The summed E-state index contributed by atoms with van der Waals surface area (Å²) < 4.78 is 0. The molecule has 6 nitrogen and oxygen atoms in total. The quantitative estimate of drug-likeness (QED) is 0.444. The molecular formula is C11H16N2O4. The normalized spacial score (nSPS) is 14.9. The number of nitrogens with zero attached hydrogens (tertiary/aromatic N) is 1. The molecule has 0 aromatic heterocycles. The maximum atomic E-state index is 11.1. The fourth-order valence-electron chi connectivity index (χ4n) is 1.44. The van der Waals surface area contributed by atoms with Crippen LogP contribution in [0.3, 0.4) is 0 Å². The Morgan fingerprint density at radius 2 is 2.00 bits per heavy atom. The van der Waals surface area contributed by atoms with Gasteiger partial charge in [-0.3, -0.25) is 4.84 Å². The number of carboxylic acids is 1. The summed E-state index contributed by atoms with van der Waals surface area (Å²) in [4.78, 5) is 26.2. The minimum Gasteiger partial charge on any atom is -0.478 e. The SMILES string of the molecule is C=C(CNC(=O)ON=C1CCCCC1)C(=O)O. The highest BCUT2D eigenvalue weighted by atomic mass is 16.7. The third-order valence-corrected chi connectivity index (χ3v) is 2.44. The average molecular weight is 240 g/mol. The molecule has 17 heavy (non-hydrogen) atoms. The van der Waals surface area contributed by atoms with Gasteiger partial charge in [-0.25, -0.2) is 9.59 Å². The van der Waals surface area contributed by atoms with Crippen molar-refractivity contribution in [2.75, 3.05) is 6.54 Å². The van der Waals surface area contributed by atoms with Gasteiger partial charge in [-0.15, -0.1) is 0 Å². The fraction of sp³-hybridized carbons (Fsp3) is 0.545. The van der Waals surface area contributed by atoms with Crippen molar-refractivity contribution in [2.24, 2.45) is 5.16 Å². The first-order valence-corrected chi connectivity index (χ1v) is 5.51. The van der Waals surface area contributed by atoms with Crippen LogP contribution >= 0.6 is 0 Å². The number of rotatable bonds is 4. The molecule has 94 valence electrons. The van der Waals surface area contributed by atoms with E-state index in [0.29, 0.717) is 0 Å². The fourth-order valence-corrected chi connectivity index (χ4v) is 1.44. The molecule has 0 atom stereocenters. The molecule has 1 rings (SSSR count). The highest BCUT2D eigenvalue weighted by Gasteiger charge is 2.10. The second kappa shape index (κ2) is 6.67. The van der Waals surface area contributed by atoms with E-state index in [1.165, 1.54) is 6.42 Å². The van der Waals surface area contributed by atoms with E-state index < -0.39 is 12.1 Å². The summed E-state index contributed by atoms with van der Waals surface area (Å²) in [7, 11) is 0. The topological polar surface area (TPSA) is 88.0 Å². The van der Waals surface area contributed by atoms with Crippen molar-refractivity contribution in [3.05, 3.63) is 12.2 Å². The van der Waals surface area contributed by atoms with Crippen LogP contribution in [-0.4, -0.2) is 29.4 Å². The Hall–Kier alpha value is -1.85. The molecule has 0 radical (unpaired) electrons. The van der Waals surface area contributed by atoms with Crippen LogP contribution in [0, 0.1) is 0 Å². The van der Waals surface area contributed by atoms with Gasteiger partial charge in [0.1, 0.15) is 0 Å². The summed E-state index contributed by atoms with van der Waals surface area (Å²) in [6, 6.07) is 0. The van der Waals surface area contributed by atoms with Crippen LogP contribution in [0.2, 0.25) is 0 Å². The van der Waals surface area contributed by atoms with E-state index in [-0.39, 0.29) is 12.1 Å². The maximum Gasteiger partial charge on any atom is 0.433 e. The lowest BCUT2D eigenvalue weighted by molar-refractivity contribution is -0.132. The number of hydrogen-bond acceptors (Lipinski definition) is 4. The molecule has 1 aliphatic rings. The molecule has 1 aliphatic carbocycles. The van der Waals surface area contributed by atoms with Gasteiger partial charge in [-0.1, -0.05) is 18.2 Å². The molecule has 0 bridgehead atoms. The second-order valence-corrected chi connectivity index (χ2v) is 3.86. The molecule has 0 aliphatic heterocycles. The Labute approximate surface area is 99.3 Å². The van der Waals surface area contributed by atoms with Crippen molar-refractivity contribution in [1.29, 1.82) is 0 Å². The van der Waals surface area contributed by atoms with E-state index in [0.717, 1.165) is 31.4 Å². The number of oxime groups is 1. The molecule has 1 fully saturated rings. The Balaban J connectivity index is 2.25. The van der Waals surface area contributed by atoms with Crippen molar-refractivity contribution < 1.29 is 19.5 Å². The predicted octanol–water partition coefficient (Wildman–Crippen LogP) is 1.67. The standard InChI is InChI=1S/C11H16N2O4/c1-8(10(14)15)7-12-11(16)17-13-9-5-3-2-4-6-9/h1-7H2,(H,12,16)(H,14,15). The van der Waals surface area contributed by atoms with Gasteiger partial charge in [0.15, 0.2) is 0 Å². The minimum absolute atomic E-state index is 0.104. The number of carbonyl (C=O) groups is 2. The Morgan fingerprint density at radius 3 is 2.59 bits per heavy atom. The van der Waals surface area contributed by atoms with Crippen molar-refractivity contribution in [1.82, 2.24) is 5.32 Å². The van der Waals surface area contributed by atoms with Gasteiger partial charge in [0.2, 0.25) is 0 Å². The summed E-state index contributed by atoms with van der Waals surface area (Å²) in [5.74, 6) is -1.15. The van der Waals surface area contributed by atoms with Gasteiger partial charge in [0.25, 0.3) is 0 Å². The van der Waals surface area contributed by atoms with E-state index in [4.69, 9.17) is 5.11 Å². The number of carboxylic acid groups (broad SMARTS) is 1. The van der Waals surface area contributed by atoms with E-state index in [9.17, 15) is 9.59 Å². The first kappa shape index (κ1) is 13.2. The molecule has 1 amide bonds. The summed E-state index contributed by atoms with van der Waals surface area (Å²) in [5, 5.41) is 14.5. The Kier molecular flexibility index (Phi) is 5.19. The zero-order valence-corrected chi connectivity index (χ0v) is 9.57. The van der Waals surface area contributed by atoms with Gasteiger partial charge in [-0.2, -0.15) is 0 Å². The monoisotopic (exact) mass is 240 g/mol. The van der Waals surface area contributed by atoms with Gasteiger partial charge < -0.3 is 10.4 Å². The number of carbonyl (C=O) groups excluding carboxylic acids is 1. The lowest BCUT2D eigenvalue weighted by Gasteiger charge is -2.11. The molecule has 6 heteroatoms. The Morgan fingerprint density at radius 1 is 1.35 bits per heavy atom. The van der Waals surface area contributed by atoms with E-state index >= 15 is 0 Å². The van der Waals surface area contributed by atoms with Crippen molar-refractivity contribution in [3.8, 4) is 0 Å². The summed E-state index contributed by atoms with van der Waals surface area (Å²) in [6.45, 7) is 3.12. The molecule has 0 heterocycles. The highest BCUT2D eigenvalue weighted by molar-refractivity contribution is 5.87. The van der Waals surface area contributed by atoms with E-state index in [2.05, 4.69) is 21.9 Å². The smallest absolute Gasteiger partial charge is 0.433 e. The van der Waals surface area contributed by atoms with Gasteiger partial charge in [0, 0.05) is 5.57 Å². The largest absolute Gasteiger partial charge is 0.478 e. The molecule has 1 saturated carbocycles. The van der Waals surface area contributed by atoms with Crippen LogP contribution in [0.5, 0.6) is 0 Å². The molecular weight excluding hydrogens is 224 g/mol. The van der Waals surface area contributed by atoms with Crippen LogP contribution < -0.4 is 5.32 Å². The first-order chi connectivity index (χ1) is 8.09. The van der Waals surface area contributed by atoms with E-state index in [1.54, 1.807) is 0 Å². The number of nitrogens with one attached hydrogen (secondary N) is 1. The van der Waals surface area contributed by atoms with E-state index in [1.807, 2.05) is 0 Å². The summed E-state index contributed by atoms with van der Waals surface area (Å²) >= 11 is 0. The lowest BCUT2D eigenvalue weighted by Crippen LogP contribution is -2.27. The number of hydrogen-bond donors (Lipinski definition) is 2. The van der Waals surface area contributed by atoms with Gasteiger partial charge in [0.05, 0.1) is 12.3 Å². The molecule has 0 unspecified atom stereocenters. The van der Waals surface area contributed by atoms with Crippen molar-refractivity contribution in [2.45, 2.75) is 32.1 Å². The first-order valence-electron chi connectivity index (χ1n) is 5.51. The average Bonchev–Trinajstić information content (AvgIpc) is 2.34. The molecule has 2 N–H and O–H groups in total. The Bertz CT molecular complexity index is 341. The predicted molar refractivity (Wildman–Crippen MR) is 61.8 cm³/mol. The van der Waals surface area contributed by atoms with Gasteiger partial charge in [-0.05, 0) is 25.7 Å². The van der Waals surface area contributed by atoms with Crippen molar-refractivity contribution in [3.63, 3.8) is 0 Å². The van der Waals surface area contributed by atoms with Gasteiger partial charge >= 0.3 is 12.1 Å². The molecule has 0 saturated heterocycles. The summed E-state index contributed by atoms with van der Waals surface area (Å²) in [6.07, 6.45) is 4.28. The van der Waals surface area contributed by atoms with Crippen LogP contribution in [0.1, 0.15) is 32.1 Å². The highest BCUT2D eigenvalue weighted by Crippen LogP contribution is 2.14. The summed E-state index contributed by atoms with van der Waals surface area (Å²) in [5.41, 5.74) is 0.774. The van der Waals surface area contributed by atoms with Crippen molar-refractivity contribution >= 4 is 17.8 Å².